The van der Waals surface area contributed by atoms with E-state index in [2.05, 4.69) is 18.7 Å². The largest absolute Gasteiger partial charge is 0.469 e. The molecular weight excluding hydrogens is 258 g/mol. The van der Waals surface area contributed by atoms with Gasteiger partial charge in [0.05, 0.1) is 32.3 Å². The third-order valence-corrected chi connectivity index (χ3v) is 4.39. The van der Waals surface area contributed by atoms with E-state index in [1.54, 1.807) is 0 Å². The first-order valence-corrected chi connectivity index (χ1v) is 7.60. The number of likely N-dealkylation sites (tertiary alicyclic amines) is 1. The second-order valence-electron chi connectivity index (χ2n) is 6.19. The molecule has 2 aliphatic heterocycles. The van der Waals surface area contributed by atoms with E-state index in [1.807, 2.05) is 6.92 Å². The van der Waals surface area contributed by atoms with Crippen LogP contribution in [-0.4, -0.2) is 55.1 Å². The molecule has 0 saturated carbocycles. The Bertz CT molecular complexity index is 347. The number of hydrogen-bond donors (Lipinski definition) is 0. The molecule has 3 unspecified atom stereocenters. The average molecular weight is 285 g/mol. The van der Waals surface area contributed by atoms with Gasteiger partial charge in [-0.2, -0.15) is 0 Å². The monoisotopic (exact) mass is 285 g/mol. The van der Waals surface area contributed by atoms with E-state index in [9.17, 15) is 4.79 Å². The molecule has 0 aliphatic carbocycles. The molecule has 2 heterocycles. The fourth-order valence-corrected chi connectivity index (χ4v) is 3.34. The predicted octanol–water partition coefficient (Wildman–Crippen LogP) is 1.94. The maximum absolute atomic E-state index is 11.4. The summed E-state index contributed by atoms with van der Waals surface area (Å²) >= 11 is 0. The lowest BCUT2D eigenvalue weighted by Gasteiger charge is -2.45. The van der Waals surface area contributed by atoms with Crippen LogP contribution < -0.4 is 0 Å². The van der Waals surface area contributed by atoms with Gasteiger partial charge in [0, 0.05) is 6.04 Å². The highest BCUT2D eigenvalue weighted by molar-refractivity contribution is 5.69. The van der Waals surface area contributed by atoms with Gasteiger partial charge in [0.15, 0.2) is 5.79 Å². The fourth-order valence-electron chi connectivity index (χ4n) is 3.34. The van der Waals surface area contributed by atoms with Gasteiger partial charge in [-0.3, -0.25) is 9.69 Å². The Morgan fingerprint density at radius 1 is 1.45 bits per heavy atom. The Morgan fingerprint density at radius 3 is 2.85 bits per heavy atom. The lowest BCUT2D eigenvalue weighted by Crippen LogP contribution is -2.56. The number of piperidine rings is 1. The minimum atomic E-state index is -0.608. The predicted molar refractivity (Wildman–Crippen MR) is 75.3 cm³/mol. The number of carbonyl (C=O) groups is 1. The molecule has 116 valence electrons. The SMILES string of the molecule is COC(=O)CC1COC(C)(C2CCCCN2C(C)C)O1. The van der Waals surface area contributed by atoms with Crippen molar-refractivity contribution < 1.29 is 19.0 Å². The Kier molecular flexibility index (Phi) is 5.04. The molecule has 0 aromatic heterocycles. The summed E-state index contributed by atoms with van der Waals surface area (Å²) in [6.07, 6.45) is 3.59. The fraction of sp³-hybridized carbons (Fsp3) is 0.933. The third-order valence-electron chi connectivity index (χ3n) is 4.39. The Morgan fingerprint density at radius 2 is 2.20 bits per heavy atom. The summed E-state index contributed by atoms with van der Waals surface area (Å²) in [7, 11) is 1.40. The van der Waals surface area contributed by atoms with Crippen molar-refractivity contribution in [2.75, 3.05) is 20.3 Å². The molecule has 0 N–H and O–H groups in total. The molecular formula is C15H27NO4. The van der Waals surface area contributed by atoms with E-state index in [1.165, 1.54) is 20.0 Å². The number of nitrogens with zero attached hydrogens (tertiary/aromatic N) is 1. The smallest absolute Gasteiger partial charge is 0.308 e. The zero-order valence-electron chi connectivity index (χ0n) is 13.1. The van der Waals surface area contributed by atoms with Crippen LogP contribution in [0.2, 0.25) is 0 Å². The van der Waals surface area contributed by atoms with Crippen molar-refractivity contribution in [2.45, 2.75) is 70.4 Å². The van der Waals surface area contributed by atoms with Crippen molar-refractivity contribution in [3.05, 3.63) is 0 Å². The third kappa shape index (κ3) is 3.32. The normalized spacial score (nSPS) is 35.5. The number of hydrogen-bond acceptors (Lipinski definition) is 5. The molecule has 0 aromatic rings. The molecule has 2 rings (SSSR count). The van der Waals surface area contributed by atoms with Gasteiger partial charge in [-0.05, 0) is 40.2 Å². The van der Waals surface area contributed by atoms with Crippen molar-refractivity contribution >= 4 is 5.97 Å². The summed E-state index contributed by atoms with van der Waals surface area (Å²) in [5.74, 6) is -0.851. The van der Waals surface area contributed by atoms with Gasteiger partial charge in [-0.25, -0.2) is 0 Å². The number of carbonyl (C=O) groups excluding carboxylic acids is 1. The molecule has 2 fully saturated rings. The lowest BCUT2D eigenvalue weighted by atomic mass is 9.94. The summed E-state index contributed by atoms with van der Waals surface area (Å²) in [6.45, 7) is 7.99. The van der Waals surface area contributed by atoms with E-state index in [-0.39, 0.29) is 24.5 Å². The number of rotatable bonds is 4. The Balaban J connectivity index is 2.01. The highest BCUT2D eigenvalue weighted by atomic mass is 16.7. The summed E-state index contributed by atoms with van der Waals surface area (Å²) < 4.78 is 16.7. The van der Waals surface area contributed by atoms with Gasteiger partial charge in [0.25, 0.3) is 0 Å². The molecule has 3 atom stereocenters. The Labute approximate surface area is 121 Å². The van der Waals surface area contributed by atoms with Crippen molar-refractivity contribution in [1.82, 2.24) is 4.90 Å². The minimum Gasteiger partial charge on any atom is -0.469 e. The summed E-state index contributed by atoms with van der Waals surface area (Å²) in [5.41, 5.74) is 0. The summed E-state index contributed by atoms with van der Waals surface area (Å²) in [5, 5.41) is 0. The van der Waals surface area contributed by atoms with E-state index < -0.39 is 5.79 Å². The van der Waals surface area contributed by atoms with E-state index in [0.717, 1.165) is 13.0 Å². The van der Waals surface area contributed by atoms with Crippen molar-refractivity contribution in [2.24, 2.45) is 0 Å². The van der Waals surface area contributed by atoms with Crippen LogP contribution in [0.15, 0.2) is 0 Å². The highest BCUT2D eigenvalue weighted by Crippen LogP contribution is 2.36. The average Bonchev–Trinajstić information content (AvgIpc) is 2.81. The van der Waals surface area contributed by atoms with E-state index in [0.29, 0.717) is 12.6 Å². The molecule has 0 radical (unpaired) electrons. The van der Waals surface area contributed by atoms with Crippen molar-refractivity contribution in [3.63, 3.8) is 0 Å². The minimum absolute atomic E-state index is 0.191. The number of ether oxygens (including phenoxy) is 3. The van der Waals surface area contributed by atoms with Crippen LogP contribution in [0.5, 0.6) is 0 Å². The van der Waals surface area contributed by atoms with E-state index in [4.69, 9.17) is 14.2 Å². The molecule has 0 bridgehead atoms. The van der Waals surface area contributed by atoms with Crippen LogP contribution in [0.3, 0.4) is 0 Å². The van der Waals surface area contributed by atoms with Crippen LogP contribution in [0, 0.1) is 0 Å². The summed E-state index contributed by atoms with van der Waals surface area (Å²) in [6, 6.07) is 0.739. The van der Waals surface area contributed by atoms with Crippen LogP contribution in [-0.2, 0) is 19.0 Å². The second-order valence-corrected chi connectivity index (χ2v) is 6.19. The van der Waals surface area contributed by atoms with Crippen molar-refractivity contribution in [1.29, 1.82) is 0 Å². The molecule has 20 heavy (non-hydrogen) atoms. The lowest BCUT2D eigenvalue weighted by molar-refractivity contribution is -0.209. The van der Waals surface area contributed by atoms with E-state index >= 15 is 0 Å². The molecule has 0 spiro atoms. The maximum Gasteiger partial charge on any atom is 0.308 e. The molecule has 5 heteroatoms. The quantitative estimate of drug-likeness (QED) is 0.739. The summed E-state index contributed by atoms with van der Waals surface area (Å²) in [4.78, 5) is 13.8. The molecule has 5 nitrogen and oxygen atoms in total. The second kappa shape index (κ2) is 6.41. The molecule has 0 aromatic carbocycles. The first kappa shape index (κ1) is 15.7. The van der Waals surface area contributed by atoms with Gasteiger partial charge in [0.1, 0.15) is 0 Å². The van der Waals surface area contributed by atoms with Crippen LogP contribution in [0.1, 0.15) is 46.5 Å². The standard InChI is InChI=1S/C15H27NO4/c1-11(2)16-8-6-5-7-13(16)15(3)19-10-12(20-15)9-14(17)18-4/h11-13H,5-10H2,1-4H3. The van der Waals surface area contributed by atoms with Crippen LogP contribution in [0.25, 0.3) is 0 Å². The maximum atomic E-state index is 11.4. The van der Waals surface area contributed by atoms with Gasteiger partial charge in [-0.15, -0.1) is 0 Å². The van der Waals surface area contributed by atoms with Crippen LogP contribution in [0.4, 0.5) is 0 Å². The van der Waals surface area contributed by atoms with Gasteiger partial charge >= 0.3 is 5.97 Å². The number of esters is 1. The zero-order chi connectivity index (χ0) is 14.8. The molecule has 2 saturated heterocycles. The van der Waals surface area contributed by atoms with Crippen molar-refractivity contribution in [3.8, 4) is 0 Å². The zero-order valence-corrected chi connectivity index (χ0v) is 13.1. The van der Waals surface area contributed by atoms with Gasteiger partial charge in [0.2, 0.25) is 0 Å². The Hall–Kier alpha value is -0.650. The molecule has 0 amide bonds. The number of methoxy groups -OCH3 is 1. The molecule has 2 aliphatic rings. The van der Waals surface area contributed by atoms with Gasteiger partial charge in [-0.1, -0.05) is 6.42 Å². The van der Waals surface area contributed by atoms with Crippen LogP contribution >= 0.6 is 0 Å². The topological polar surface area (TPSA) is 48.0 Å². The highest BCUT2D eigenvalue weighted by Gasteiger charge is 2.47. The first-order chi connectivity index (χ1) is 9.46. The van der Waals surface area contributed by atoms with Gasteiger partial charge < -0.3 is 14.2 Å². The first-order valence-electron chi connectivity index (χ1n) is 7.60.